The van der Waals surface area contributed by atoms with Crippen LogP contribution in [0.25, 0.3) is 11.0 Å². The minimum Gasteiger partial charge on any atom is -0.464 e. The lowest BCUT2D eigenvalue weighted by Crippen LogP contribution is -1.84. The van der Waals surface area contributed by atoms with Crippen molar-refractivity contribution in [2.24, 2.45) is 0 Å². The molecular weight excluding hydrogens is 196 g/mol. The van der Waals surface area contributed by atoms with Crippen LogP contribution in [-0.4, -0.2) is 0 Å². The van der Waals surface area contributed by atoms with Gasteiger partial charge in [-0.2, -0.15) is 0 Å². The third-order valence-electron chi connectivity index (χ3n) is 2.64. The van der Waals surface area contributed by atoms with E-state index in [9.17, 15) is 0 Å². The Hall–Kier alpha value is -1.24. The Morgan fingerprint density at radius 3 is 2.31 bits per heavy atom. The maximum absolute atomic E-state index is 5.25. The normalized spacial score (nSPS) is 10.3. The summed E-state index contributed by atoms with van der Waals surface area (Å²) in [7, 11) is 0. The second-order valence-corrected chi connectivity index (χ2v) is 4.37. The molecule has 1 aromatic carbocycles. The third kappa shape index (κ3) is 3.41. The lowest BCUT2D eigenvalue weighted by Gasteiger charge is -2.03. The van der Waals surface area contributed by atoms with Crippen LogP contribution in [0, 0.1) is 0 Å². The number of furan rings is 1. The highest BCUT2D eigenvalue weighted by atomic mass is 16.3. The van der Waals surface area contributed by atoms with Gasteiger partial charge in [0.15, 0.2) is 0 Å². The van der Waals surface area contributed by atoms with Gasteiger partial charge in [0, 0.05) is 5.39 Å². The Bertz CT molecular complexity index is 410. The highest BCUT2D eigenvalue weighted by Crippen LogP contribution is 2.21. The summed E-state index contributed by atoms with van der Waals surface area (Å²) >= 11 is 0. The average molecular weight is 218 g/mol. The smallest absolute Gasteiger partial charge is 0.133 e. The molecule has 1 heteroatoms. The first kappa shape index (κ1) is 12.8. The zero-order chi connectivity index (χ0) is 12.0. The molecule has 0 aliphatic carbocycles. The number of unbranched alkanes of at least 4 members (excludes halogenated alkanes) is 1. The minimum atomic E-state index is 0.587. The van der Waals surface area contributed by atoms with E-state index in [4.69, 9.17) is 4.42 Å². The molecule has 0 aliphatic rings. The SMILES string of the molecule is CC(C)c1ccc2occc2c1.CCCC. The van der Waals surface area contributed by atoms with Crippen LogP contribution < -0.4 is 0 Å². The molecule has 0 amide bonds. The molecule has 0 saturated carbocycles. The summed E-state index contributed by atoms with van der Waals surface area (Å²) in [5.74, 6) is 0.587. The van der Waals surface area contributed by atoms with E-state index >= 15 is 0 Å². The Morgan fingerprint density at radius 1 is 1.06 bits per heavy atom. The maximum Gasteiger partial charge on any atom is 0.133 e. The average Bonchev–Trinajstić information content (AvgIpc) is 2.76. The lowest BCUT2D eigenvalue weighted by atomic mass is 10.0. The van der Waals surface area contributed by atoms with Gasteiger partial charge in [0.2, 0.25) is 0 Å². The van der Waals surface area contributed by atoms with E-state index in [1.54, 1.807) is 6.26 Å². The van der Waals surface area contributed by atoms with Crippen molar-refractivity contribution in [3.63, 3.8) is 0 Å². The Morgan fingerprint density at radius 2 is 1.75 bits per heavy atom. The van der Waals surface area contributed by atoms with Crippen LogP contribution in [0.3, 0.4) is 0 Å². The standard InChI is InChI=1S/C11H12O.C4H10/c1-8(2)9-3-4-11-10(7-9)5-6-12-11;1-3-4-2/h3-8H,1-2H3;3-4H2,1-2H3. The first-order valence-corrected chi connectivity index (χ1v) is 6.16. The summed E-state index contributed by atoms with van der Waals surface area (Å²) in [5.41, 5.74) is 2.34. The Balaban J connectivity index is 0.000000280. The highest BCUT2D eigenvalue weighted by Gasteiger charge is 2.01. The van der Waals surface area contributed by atoms with Crippen LogP contribution in [0.4, 0.5) is 0 Å². The van der Waals surface area contributed by atoms with E-state index in [0.717, 1.165) is 5.58 Å². The van der Waals surface area contributed by atoms with E-state index < -0.39 is 0 Å². The van der Waals surface area contributed by atoms with Gasteiger partial charge in [-0.15, -0.1) is 0 Å². The molecule has 0 radical (unpaired) electrons. The van der Waals surface area contributed by atoms with Crippen LogP contribution in [-0.2, 0) is 0 Å². The molecule has 0 bridgehead atoms. The molecule has 16 heavy (non-hydrogen) atoms. The van der Waals surface area contributed by atoms with Crippen molar-refractivity contribution < 1.29 is 4.42 Å². The molecule has 2 rings (SSSR count). The molecule has 0 aliphatic heterocycles. The zero-order valence-electron chi connectivity index (χ0n) is 10.8. The Labute approximate surface area is 98.5 Å². The summed E-state index contributed by atoms with van der Waals surface area (Å²) in [5, 5.41) is 1.20. The summed E-state index contributed by atoms with van der Waals surface area (Å²) in [6.45, 7) is 8.75. The molecule has 0 spiro atoms. The molecule has 1 nitrogen and oxygen atoms in total. The lowest BCUT2D eigenvalue weighted by molar-refractivity contribution is 0.615. The van der Waals surface area contributed by atoms with Crippen molar-refractivity contribution in [1.82, 2.24) is 0 Å². The molecule has 1 heterocycles. The fourth-order valence-electron chi connectivity index (χ4n) is 1.34. The van der Waals surface area contributed by atoms with Gasteiger partial charge in [-0.1, -0.05) is 46.6 Å². The number of benzene rings is 1. The van der Waals surface area contributed by atoms with Crippen molar-refractivity contribution in [3.8, 4) is 0 Å². The van der Waals surface area contributed by atoms with Crippen LogP contribution in [0.15, 0.2) is 34.9 Å². The van der Waals surface area contributed by atoms with Gasteiger partial charge in [-0.25, -0.2) is 0 Å². The number of hydrogen-bond donors (Lipinski definition) is 0. The predicted octanol–water partition coefficient (Wildman–Crippen LogP) is 5.36. The van der Waals surface area contributed by atoms with Crippen LogP contribution in [0.5, 0.6) is 0 Å². The molecule has 0 N–H and O–H groups in total. The highest BCUT2D eigenvalue weighted by molar-refractivity contribution is 5.77. The van der Waals surface area contributed by atoms with Crippen LogP contribution in [0.1, 0.15) is 52.0 Å². The fourth-order valence-corrected chi connectivity index (χ4v) is 1.34. The summed E-state index contributed by atoms with van der Waals surface area (Å²) < 4.78 is 5.25. The van der Waals surface area contributed by atoms with Crippen molar-refractivity contribution >= 4 is 11.0 Å². The van der Waals surface area contributed by atoms with Gasteiger partial charge in [0.25, 0.3) is 0 Å². The van der Waals surface area contributed by atoms with Crippen LogP contribution in [0.2, 0.25) is 0 Å². The molecule has 2 aromatic rings. The van der Waals surface area contributed by atoms with Gasteiger partial charge < -0.3 is 4.42 Å². The summed E-state index contributed by atoms with van der Waals surface area (Å²) in [6, 6.07) is 8.34. The maximum atomic E-state index is 5.25. The van der Waals surface area contributed by atoms with E-state index in [1.807, 2.05) is 12.1 Å². The van der Waals surface area contributed by atoms with Crippen molar-refractivity contribution in [3.05, 3.63) is 36.1 Å². The van der Waals surface area contributed by atoms with Gasteiger partial charge in [0.05, 0.1) is 6.26 Å². The van der Waals surface area contributed by atoms with Gasteiger partial charge >= 0.3 is 0 Å². The Kier molecular flexibility index (Phi) is 5.10. The summed E-state index contributed by atoms with van der Waals surface area (Å²) in [4.78, 5) is 0. The van der Waals surface area contributed by atoms with E-state index in [1.165, 1.54) is 23.8 Å². The quantitative estimate of drug-likeness (QED) is 0.661. The van der Waals surface area contributed by atoms with E-state index in [2.05, 4.69) is 39.8 Å². The van der Waals surface area contributed by atoms with E-state index in [0.29, 0.717) is 5.92 Å². The molecule has 0 saturated heterocycles. The summed E-state index contributed by atoms with van der Waals surface area (Å²) in [6.07, 6.45) is 4.37. The molecule has 0 unspecified atom stereocenters. The molecule has 0 atom stereocenters. The number of hydrogen-bond acceptors (Lipinski definition) is 1. The first-order chi connectivity index (χ1) is 7.69. The zero-order valence-corrected chi connectivity index (χ0v) is 10.8. The van der Waals surface area contributed by atoms with E-state index in [-0.39, 0.29) is 0 Å². The number of rotatable bonds is 2. The van der Waals surface area contributed by atoms with Gasteiger partial charge in [-0.3, -0.25) is 0 Å². The second kappa shape index (κ2) is 6.37. The second-order valence-electron chi connectivity index (χ2n) is 4.37. The third-order valence-corrected chi connectivity index (χ3v) is 2.64. The molecular formula is C15H22O. The van der Waals surface area contributed by atoms with Gasteiger partial charge in [0.1, 0.15) is 5.58 Å². The minimum absolute atomic E-state index is 0.587. The van der Waals surface area contributed by atoms with Crippen molar-refractivity contribution in [2.45, 2.75) is 46.5 Å². The number of fused-ring (bicyclic) bond motifs is 1. The predicted molar refractivity (Wildman–Crippen MR) is 70.9 cm³/mol. The fraction of sp³-hybridized carbons (Fsp3) is 0.467. The topological polar surface area (TPSA) is 13.1 Å². The molecule has 1 aromatic heterocycles. The monoisotopic (exact) mass is 218 g/mol. The largest absolute Gasteiger partial charge is 0.464 e. The van der Waals surface area contributed by atoms with Gasteiger partial charge in [-0.05, 0) is 29.7 Å². The molecule has 88 valence electrons. The van der Waals surface area contributed by atoms with Crippen LogP contribution >= 0.6 is 0 Å². The first-order valence-electron chi connectivity index (χ1n) is 6.16. The molecule has 0 fully saturated rings. The van der Waals surface area contributed by atoms with Crippen molar-refractivity contribution in [1.29, 1.82) is 0 Å². The van der Waals surface area contributed by atoms with Crippen molar-refractivity contribution in [2.75, 3.05) is 0 Å².